The number of nitrogens with zero attached hydrogens (tertiary/aromatic N) is 4. The standard InChI is InChI=1S/C26H24Cl2N4O5/c1-3-11-32-23-17(25(34)31-12-6-5-7-21(31)29-23)15-18(26(35)36-4-2)24(32)30-22(33)10-13-37-20-9-8-16(27)14-19(20)28/h5-9,12,14-15H,3-4,10-11,13H2,1-2H3. The number of aromatic nitrogens is 3. The minimum absolute atomic E-state index is 0.00399. The van der Waals surface area contributed by atoms with Gasteiger partial charge in [-0.2, -0.15) is 4.99 Å². The van der Waals surface area contributed by atoms with Crippen LogP contribution in [0.1, 0.15) is 37.0 Å². The van der Waals surface area contributed by atoms with E-state index in [1.165, 1.54) is 16.5 Å². The molecule has 1 aromatic carbocycles. The molecule has 4 rings (SSSR count). The largest absolute Gasteiger partial charge is 0.491 e. The third kappa shape index (κ3) is 5.68. The Kier molecular flexibility index (Phi) is 8.25. The molecule has 0 saturated heterocycles. The Balaban J connectivity index is 1.81. The van der Waals surface area contributed by atoms with Gasteiger partial charge in [0.15, 0.2) is 5.49 Å². The summed E-state index contributed by atoms with van der Waals surface area (Å²) < 4.78 is 13.8. The van der Waals surface area contributed by atoms with Crippen molar-refractivity contribution in [1.29, 1.82) is 0 Å². The number of pyridine rings is 2. The lowest BCUT2D eigenvalue weighted by atomic mass is 10.2. The Hall–Kier alpha value is -3.69. The lowest BCUT2D eigenvalue weighted by Gasteiger charge is -2.14. The summed E-state index contributed by atoms with van der Waals surface area (Å²) >= 11 is 12.0. The van der Waals surface area contributed by atoms with Crippen LogP contribution in [-0.4, -0.2) is 39.0 Å². The van der Waals surface area contributed by atoms with Crippen LogP contribution in [-0.2, 0) is 16.1 Å². The maximum Gasteiger partial charge on any atom is 0.341 e. The van der Waals surface area contributed by atoms with E-state index < -0.39 is 11.9 Å². The number of hydrogen-bond donors (Lipinski definition) is 0. The van der Waals surface area contributed by atoms with Crippen LogP contribution in [0.3, 0.4) is 0 Å². The first-order valence-electron chi connectivity index (χ1n) is 11.7. The van der Waals surface area contributed by atoms with Crippen LogP contribution in [0.2, 0.25) is 10.0 Å². The number of benzene rings is 1. The lowest BCUT2D eigenvalue weighted by Crippen LogP contribution is -2.33. The highest BCUT2D eigenvalue weighted by Gasteiger charge is 2.19. The Bertz CT molecular complexity index is 1630. The normalized spacial score (nSPS) is 11.7. The molecule has 4 aromatic rings. The van der Waals surface area contributed by atoms with E-state index in [0.29, 0.717) is 40.1 Å². The first-order valence-corrected chi connectivity index (χ1v) is 12.5. The lowest BCUT2D eigenvalue weighted by molar-refractivity contribution is -0.118. The van der Waals surface area contributed by atoms with E-state index in [1.807, 2.05) is 6.92 Å². The summed E-state index contributed by atoms with van der Waals surface area (Å²) in [5.41, 5.74) is 0.491. The molecule has 1 amide bonds. The van der Waals surface area contributed by atoms with Crippen molar-refractivity contribution < 1.29 is 19.1 Å². The fourth-order valence-corrected chi connectivity index (χ4v) is 4.27. The van der Waals surface area contributed by atoms with Gasteiger partial charge in [0.1, 0.15) is 22.6 Å². The molecule has 0 fully saturated rings. The number of carbonyl (C=O) groups is 2. The summed E-state index contributed by atoms with van der Waals surface area (Å²) in [7, 11) is 0. The second-order valence-electron chi connectivity index (χ2n) is 8.02. The monoisotopic (exact) mass is 542 g/mol. The summed E-state index contributed by atoms with van der Waals surface area (Å²) in [4.78, 5) is 47.9. The summed E-state index contributed by atoms with van der Waals surface area (Å²) in [5.74, 6) is -0.839. The van der Waals surface area contributed by atoms with Crippen LogP contribution in [0, 0.1) is 0 Å². The number of fused-ring (bicyclic) bond motifs is 2. The first kappa shape index (κ1) is 26.4. The van der Waals surface area contributed by atoms with Crippen LogP contribution < -0.4 is 15.8 Å². The van der Waals surface area contributed by atoms with Crippen molar-refractivity contribution in [3.8, 4) is 5.75 Å². The number of aryl methyl sites for hydroxylation is 1. The number of carbonyl (C=O) groups excluding carboxylic acids is 2. The van der Waals surface area contributed by atoms with Crippen molar-refractivity contribution in [3.05, 3.63) is 80.1 Å². The molecular weight excluding hydrogens is 519 g/mol. The van der Waals surface area contributed by atoms with E-state index in [1.54, 1.807) is 48.0 Å². The van der Waals surface area contributed by atoms with Crippen molar-refractivity contribution in [2.75, 3.05) is 13.2 Å². The van der Waals surface area contributed by atoms with Crippen LogP contribution >= 0.6 is 23.2 Å². The van der Waals surface area contributed by atoms with Gasteiger partial charge in [-0.3, -0.25) is 14.0 Å². The molecule has 3 aromatic heterocycles. The van der Waals surface area contributed by atoms with Gasteiger partial charge in [-0.1, -0.05) is 36.2 Å². The molecular formula is C26H24Cl2N4O5. The van der Waals surface area contributed by atoms with Gasteiger partial charge in [0, 0.05) is 17.8 Å². The molecule has 0 saturated carbocycles. The van der Waals surface area contributed by atoms with Gasteiger partial charge in [0.2, 0.25) is 0 Å². The van der Waals surface area contributed by atoms with Gasteiger partial charge in [-0.25, -0.2) is 9.78 Å². The van der Waals surface area contributed by atoms with Gasteiger partial charge >= 0.3 is 5.97 Å². The SMILES string of the molecule is CCCn1c(=NC(=O)CCOc2ccc(Cl)cc2Cl)c(C(=O)OCC)cc2c(=O)n3ccccc3nc21. The van der Waals surface area contributed by atoms with E-state index >= 15 is 0 Å². The van der Waals surface area contributed by atoms with Crippen LogP contribution in [0.15, 0.2) is 58.4 Å². The average molecular weight is 543 g/mol. The highest BCUT2D eigenvalue weighted by molar-refractivity contribution is 6.35. The van der Waals surface area contributed by atoms with Crippen LogP contribution in [0.25, 0.3) is 16.7 Å². The third-order valence-electron chi connectivity index (χ3n) is 5.43. The van der Waals surface area contributed by atoms with Crippen molar-refractivity contribution in [1.82, 2.24) is 14.0 Å². The molecule has 0 spiro atoms. The molecule has 0 unspecified atom stereocenters. The fraction of sp³-hybridized carbons (Fsp3) is 0.269. The number of esters is 1. The third-order valence-corrected chi connectivity index (χ3v) is 5.96. The maximum absolute atomic E-state index is 13.3. The van der Waals surface area contributed by atoms with Crippen molar-refractivity contribution >= 4 is 51.8 Å². The second-order valence-corrected chi connectivity index (χ2v) is 8.86. The average Bonchev–Trinajstić information content (AvgIpc) is 2.87. The number of rotatable bonds is 8. The van der Waals surface area contributed by atoms with Crippen LogP contribution in [0.5, 0.6) is 5.75 Å². The molecule has 0 aliphatic carbocycles. The molecule has 11 heteroatoms. The number of amides is 1. The van der Waals surface area contributed by atoms with E-state index in [2.05, 4.69) is 9.98 Å². The minimum atomic E-state index is -0.692. The fourth-order valence-electron chi connectivity index (χ4n) is 3.81. The molecule has 0 aliphatic heterocycles. The van der Waals surface area contributed by atoms with E-state index in [4.69, 9.17) is 32.7 Å². The Labute approximate surface area is 221 Å². The number of ether oxygens (including phenoxy) is 2. The molecule has 37 heavy (non-hydrogen) atoms. The predicted molar refractivity (Wildman–Crippen MR) is 140 cm³/mol. The maximum atomic E-state index is 13.3. The minimum Gasteiger partial charge on any atom is -0.491 e. The highest BCUT2D eigenvalue weighted by Crippen LogP contribution is 2.27. The van der Waals surface area contributed by atoms with Gasteiger partial charge in [0.25, 0.3) is 11.5 Å². The molecule has 0 aliphatic rings. The molecule has 3 heterocycles. The van der Waals surface area contributed by atoms with Gasteiger partial charge < -0.3 is 14.0 Å². The molecule has 9 nitrogen and oxygen atoms in total. The summed E-state index contributed by atoms with van der Waals surface area (Å²) in [6.07, 6.45) is 2.16. The summed E-state index contributed by atoms with van der Waals surface area (Å²) in [6, 6.07) is 11.4. The zero-order chi connectivity index (χ0) is 26.5. The quantitative estimate of drug-likeness (QED) is 0.241. The van der Waals surface area contributed by atoms with Gasteiger partial charge in [0.05, 0.1) is 30.0 Å². The van der Waals surface area contributed by atoms with Crippen molar-refractivity contribution in [3.63, 3.8) is 0 Å². The molecule has 0 atom stereocenters. The first-order chi connectivity index (χ1) is 17.8. The van der Waals surface area contributed by atoms with E-state index in [9.17, 15) is 14.4 Å². The van der Waals surface area contributed by atoms with Crippen molar-refractivity contribution in [2.45, 2.75) is 33.2 Å². The Morgan fingerprint density at radius 1 is 1.11 bits per heavy atom. The number of hydrogen-bond acceptors (Lipinski definition) is 6. The van der Waals surface area contributed by atoms with Gasteiger partial charge in [-0.05, 0) is 49.7 Å². The zero-order valence-electron chi connectivity index (χ0n) is 20.2. The highest BCUT2D eigenvalue weighted by atomic mass is 35.5. The topological polar surface area (TPSA) is 104 Å². The van der Waals surface area contributed by atoms with Crippen molar-refractivity contribution in [2.24, 2.45) is 4.99 Å². The predicted octanol–water partition coefficient (Wildman–Crippen LogP) is 4.44. The molecule has 0 bridgehead atoms. The summed E-state index contributed by atoms with van der Waals surface area (Å²) in [6.45, 7) is 4.08. The number of halogens is 2. The molecule has 0 N–H and O–H groups in total. The van der Waals surface area contributed by atoms with Gasteiger partial charge in [-0.15, -0.1) is 0 Å². The smallest absolute Gasteiger partial charge is 0.341 e. The summed E-state index contributed by atoms with van der Waals surface area (Å²) in [5, 5.41) is 1.00. The molecule has 192 valence electrons. The zero-order valence-corrected chi connectivity index (χ0v) is 21.8. The van der Waals surface area contributed by atoms with E-state index in [-0.39, 0.29) is 41.6 Å². The van der Waals surface area contributed by atoms with E-state index in [0.717, 1.165) is 0 Å². The second kappa shape index (κ2) is 11.6. The molecule has 0 radical (unpaired) electrons. The van der Waals surface area contributed by atoms with Crippen LogP contribution in [0.4, 0.5) is 0 Å². The Morgan fingerprint density at radius 2 is 1.92 bits per heavy atom. The Morgan fingerprint density at radius 3 is 2.65 bits per heavy atom.